The highest BCUT2D eigenvalue weighted by Gasteiger charge is 2.19. The van der Waals surface area contributed by atoms with Crippen molar-refractivity contribution in [2.24, 2.45) is 12.5 Å². The van der Waals surface area contributed by atoms with Crippen LogP contribution in [0, 0.1) is 5.41 Å². The van der Waals surface area contributed by atoms with Gasteiger partial charge in [-0.2, -0.15) is 5.10 Å². The third-order valence-corrected chi connectivity index (χ3v) is 3.10. The topological polar surface area (TPSA) is 79.2 Å². The molecule has 0 aliphatic rings. The first kappa shape index (κ1) is 17.5. The van der Waals surface area contributed by atoms with Gasteiger partial charge in [0.1, 0.15) is 0 Å². The molecule has 1 heterocycles. The van der Waals surface area contributed by atoms with Gasteiger partial charge < -0.3 is 15.7 Å². The average Bonchev–Trinajstić information content (AvgIpc) is 2.78. The maximum absolute atomic E-state index is 11.8. The smallest absolute Gasteiger partial charge is 0.315 e. The summed E-state index contributed by atoms with van der Waals surface area (Å²) in [5.41, 5.74) is 1.24. The molecule has 1 atom stereocenters. The summed E-state index contributed by atoms with van der Waals surface area (Å²) in [6.45, 7) is 6.82. The van der Waals surface area contributed by atoms with Crippen molar-refractivity contribution >= 4 is 6.03 Å². The number of aliphatic hydroxyl groups is 1. The Labute approximate surface area is 126 Å². The number of aliphatic hydroxyl groups excluding tert-OH is 1. The van der Waals surface area contributed by atoms with Crippen molar-refractivity contribution in [1.29, 1.82) is 0 Å². The zero-order chi connectivity index (χ0) is 15.9. The van der Waals surface area contributed by atoms with Gasteiger partial charge in [0.2, 0.25) is 0 Å². The number of carbonyl (C=O) groups excluding carboxylic acids is 1. The summed E-state index contributed by atoms with van der Waals surface area (Å²) in [6.07, 6.45) is 6.31. The summed E-state index contributed by atoms with van der Waals surface area (Å²) in [5.74, 6) is 0. The molecule has 0 fully saturated rings. The second-order valence-corrected chi connectivity index (χ2v) is 6.67. The lowest BCUT2D eigenvalue weighted by Crippen LogP contribution is -2.45. The number of nitrogens with one attached hydrogen (secondary N) is 2. The second-order valence-electron chi connectivity index (χ2n) is 6.67. The summed E-state index contributed by atoms with van der Waals surface area (Å²) < 4.78 is 1.77. The number of carbonyl (C=O) groups is 1. The highest BCUT2D eigenvalue weighted by atomic mass is 16.3. The van der Waals surface area contributed by atoms with E-state index in [1.807, 2.05) is 19.4 Å². The molecule has 0 aromatic carbocycles. The molecule has 0 bridgehead atoms. The number of aryl methyl sites for hydroxylation is 2. The van der Waals surface area contributed by atoms with Crippen LogP contribution >= 0.6 is 0 Å². The molecule has 0 aliphatic carbocycles. The van der Waals surface area contributed by atoms with Gasteiger partial charge in [-0.25, -0.2) is 4.79 Å². The maximum Gasteiger partial charge on any atom is 0.315 e. The highest BCUT2D eigenvalue weighted by molar-refractivity contribution is 5.74. The number of nitrogens with zero attached hydrogens (tertiary/aromatic N) is 2. The molecule has 6 heteroatoms. The van der Waals surface area contributed by atoms with Crippen LogP contribution < -0.4 is 10.6 Å². The fourth-order valence-electron chi connectivity index (χ4n) is 2.23. The molecule has 0 radical (unpaired) electrons. The van der Waals surface area contributed by atoms with Gasteiger partial charge in [0.25, 0.3) is 0 Å². The molecule has 0 saturated heterocycles. The van der Waals surface area contributed by atoms with Crippen LogP contribution in [0.4, 0.5) is 4.79 Å². The Kier molecular flexibility index (Phi) is 6.68. The Morgan fingerprint density at radius 3 is 2.71 bits per heavy atom. The molecule has 0 spiro atoms. The number of hydrogen-bond donors (Lipinski definition) is 3. The van der Waals surface area contributed by atoms with E-state index in [4.69, 9.17) is 0 Å². The highest BCUT2D eigenvalue weighted by Crippen LogP contribution is 2.20. The van der Waals surface area contributed by atoms with Crippen molar-refractivity contribution in [3.05, 3.63) is 18.0 Å². The number of aromatic nitrogens is 2. The molecular formula is C15H28N4O2. The van der Waals surface area contributed by atoms with Crippen molar-refractivity contribution in [2.45, 2.75) is 46.1 Å². The number of rotatable bonds is 7. The first-order valence-corrected chi connectivity index (χ1v) is 7.43. The summed E-state index contributed by atoms with van der Waals surface area (Å²) in [7, 11) is 1.89. The van der Waals surface area contributed by atoms with Crippen LogP contribution in [-0.2, 0) is 13.5 Å². The van der Waals surface area contributed by atoms with Gasteiger partial charge in [0, 0.05) is 19.8 Å². The lowest BCUT2D eigenvalue weighted by atomic mass is 9.88. The van der Waals surface area contributed by atoms with E-state index in [0.29, 0.717) is 6.54 Å². The van der Waals surface area contributed by atoms with E-state index < -0.39 is 0 Å². The van der Waals surface area contributed by atoms with Crippen LogP contribution in [0.3, 0.4) is 0 Å². The van der Waals surface area contributed by atoms with Gasteiger partial charge in [-0.15, -0.1) is 0 Å². The molecule has 1 rings (SSSR count). The summed E-state index contributed by atoms with van der Waals surface area (Å²) in [5, 5.41) is 19.0. The minimum atomic E-state index is -0.218. The van der Waals surface area contributed by atoms with E-state index in [-0.39, 0.29) is 24.1 Å². The monoisotopic (exact) mass is 296 g/mol. The average molecular weight is 296 g/mol. The number of urea groups is 1. The molecule has 120 valence electrons. The van der Waals surface area contributed by atoms with E-state index in [2.05, 4.69) is 36.5 Å². The van der Waals surface area contributed by atoms with Crippen LogP contribution in [0.15, 0.2) is 12.4 Å². The van der Waals surface area contributed by atoms with Gasteiger partial charge in [-0.1, -0.05) is 20.8 Å². The normalized spacial score (nSPS) is 13.0. The quantitative estimate of drug-likeness (QED) is 0.666. The summed E-state index contributed by atoms with van der Waals surface area (Å²) in [4.78, 5) is 11.8. The lowest BCUT2D eigenvalue weighted by Gasteiger charge is -2.25. The third-order valence-electron chi connectivity index (χ3n) is 3.10. The van der Waals surface area contributed by atoms with Crippen LogP contribution in [0.1, 0.15) is 39.2 Å². The van der Waals surface area contributed by atoms with Crippen molar-refractivity contribution in [1.82, 2.24) is 20.4 Å². The van der Waals surface area contributed by atoms with Crippen LogP contribution in [0.25, 0.3) is 0 Å². The molecule has 1 unspecified atom stereocenters. The van der Waals surface area contributed by atoms with Crippen LogP contribution in [0.5, 0.6) is 0 Å². The van der Waals surface area contributed by atoms with Gasteiger partial charge in [0.05, 0.1) is 18.8 Å². The molecule has 1 aromatic rings. The predicted molar refractivity (Wildman–Crippen MR) is 83.0 cm³/mol. The fraction of sp³-hybridized carbons (Fsp3) is 0.733. The Balaban J connectivity index is 2.20. The fourth-order valence-corrected chi connectivity index (χ4v) is 2.23. The zero-order valence-electron chi connectivity index (χ0n) is 13.5. The molecule has 1 aromatic heterocycles. The summed E-state index contributed by atoms with van der Waals surface area (Å²) >= 11 is 0. The Hall–Kier alpha value is -1.56. The van der Waals surface area contributed by atoms with Crippen LogP contribution in [0.2, 0.25) is 0 Å². The van der Waals surface area contributed by atoms with E-state index in [9.17, 15) is 9.90 Å². The Morgan fingerprint density at radius 1 is 1.48 bits per heavy atom. The number of hydrogen-bond acceptors (Lipinski definition) is 3. The van der Waals surface area contributed by atoms with E-state index in [0.717, 1.165) is 19.3 Å². The Bertz CT molecular complexity index is 437. The van der Waals surface area contributed by atoms with Gasteiger partial charge in [-0.05, 0) is 30.2 Å². The first-order chi connectivity index (χ1) is 9.80. The van der Waals surface area contributed by atoms with Crippen molar-refractivity contribution in [3.8, 4) is 0 Å². The molecule has 0 saturated carbocycles. The van der Waals surface area contributed by atoms with Crippen molar-refractivity contribution < 1.29 is 9.90 Å². The Morgan fingerprint density at radius 2 is 2.19 bits per heavy atom. The summed E-state index contributed by atoms with van der Waals surface area (Å²) in [6, 6.07) is -0.423. The largest absolute Gasteiger partial charge is 0.394 e. The van der Waals surface area contributed by atoms with Gasteiger partial charge in [-0.3, -0.25) is 4.68 Å². The number of amides is 2. The molecular weight excluding hydrogens is 268 g/mol. The zero-order valence-corrected chi connectivity index (χ0v) is 13.5. The standard InChI is InChI=1S/C15H28N4O2/c1-15(2,3)8-13(11-20)18-14(21)16-7-5-6-12-9-17-19(4)10-12/h9-10,13,20H,5-8,11H2,1-4H3,(H2,16,18,21). The maximum atomic E-state index is 11.8. The van der Waals surface area contributed by atoms with Crippen molar-refractivity contribution in [3.63, 3.8) is 0 Å². The van der Waals surface area contributed by atoms with E-state index in [1.165, 1.54) is 5.56 Å². The molecule has 6 nitrogen and oxygen atoms in total. The van der Waals surface area contributed by atoms with Crippen LogP contribution in [-0.4, -0.2) is 40.1 Å². The third kappa shape index (κ3) is 7.70. The molecule has 2 amide bonds. The molecule has 0 aliphatic heterocycles. The van der Waals surface area contributed by atoms with E-state index >= 15 is 0 Å². The first-order valence-electron chi connectivity index (χ1n) is 7.43. The molecule has 21 heavy (non-hydrogen) atoms. The minimum absolute atomic E-state index is 0.0413. The SMILES string of the molecule is Cn1cc(CCCNC(=O)NC(CO)CC(C)(C)C)cn1. The molecule has 3 N–H and O–H groups in total. The van der Waals surface area contributed by atoms with Gasteiger partial charge in [0.15, 0.2) is 0 Å². The minimum Gasteiger partial charge on any atom is -0.394 e. The predicted octanol–water partition coefficient (Wildman–Crippen LogP) is 1.45. The second kappa shape index (κ2) is 8.02. The van der Waals surface area contributed by atoms with Gasteiger partial charge >= 0.3 is 6.03 Å². The van der Waals surface area contributed by atoms with Crippen molar-refractivity contribution in [2.75, 3.05) is 13.2 Å². The lowest BCUT2D eigenvalue weighted by molar-refractivity contribution is 0.191. The van der Waals surface area contributed by atoms with E-state index in [1.54, 1.807) is 4.68 Å².